The normalized spacial score (nSPS) is 29.9. The van der Waals surface area contributed by atoms with Gasteiger partial charge in [0.1, 0.15) is 0 Å². The summed E-state index contributed by atoms with van der Waals surface area (Å²) in [5.74, 6) is 1.43. The Morgan fingerprint density at radius 3 is 2.86 bits per heavy atom. The van der Waals surface area contributed by atoms with Crippen LogP contribution >= 0.6 is 0 Å². The van der Waals surface area contributed by atoms with E-state index in [9.17, 15) is 0 Å². The maximum Gasteiger partial charge on any atom is 0.237 e. The SMILES string of the molecule is COc1ncccc1NC1CCCCC1C1CCCCN1. The molecule has 2 fully saturated rings. The van der Waals surface area contributed by atoms with Crippen LogP contribution in [0.2, 0.25) is 0 Å². The number of aromatic nitrogens is 1. The van der Waals surface area contributed by atoms with Crippen molar-refractivity contribution >= 4 is 5.69 Å². The second kappa shape index (κ2) is 7.12. The highest BCUT2D eigenvalue weighted by Crippen LogP contribution is 2.33. The lowest BCUT2D eigenvalue weighted by Gasteiger charge is -2.40. The van der Waals surface area contributed by atoms with Crippen molar-refractivity contribution in [2.45, 2.75) is 57.0 Å². The molecule has 3 atom stereocenters. The fourth-order valence-electron chi connectivity index (χ4n) is 3.93. The molecule has 0 amide bonds. The van der Waals surface area contributed by atoms with Gasteiger partial charge >= 0.3 is 0 Å². The number of rotatable bonds is 4. The summed E-state index contributed by atoms with van der Waals surface area (Å²) in [5, 5.41) is 7.47. The minimum Gasteiger partial charge on any atom is -0.480 e. The molecule has 1 aromatic rings. The molecule has 3 rings (SSSR count). The minimum absolute atomic E-state index is 0.535. The summed E-state index contributed by atoms with van der Waals surface area (Å²) >= 11 is 0. The monoisotopic (exact) mass is 289 g/mol. The molecule has 1 saturated heterocycles. The summed E-state index contributed by atoms with van der Waals surface area (Å²) in [6.07, 6.45) is 11.1. The van der Waals surface area contributed by atoms with Gasteiger partial charge < -0.3 is 15.4 Å². The van der Waals surface area contributed by atoms with E-state index in [2.05, 4.69) is 21.7 Å². The molecule has 116 valence electrons. The van der Waals surface area contributed by atoms with E-state index in [-0.39, 0.29) is 0 Å². The van der Waals surface area contributed by atoms with Crippen molar-refractivity contribution in [2.24, 2.45) is 5.92 Å². The van der Waals surface area contributed by atoms with E-state index in [0.717, 1.165) is 11.6 Å². The number of hydrogen-bond acceptors (Lipinski definition) is 4. The number of pyridine rings is 1. The van der Waals surface area contributed by atoms with Gasteiger partial charge in [0.25, 0.3) is 0 Å². The largest absolute Gasteiger partial charge is 0.480 e. The smallest absolute Gasteiger partial charge is 0.237 e. The summed E-state index contributed by atoms with van der Waals surface area (Å²) in [6.45, 7) is 1.18. The van der Waals surface area contributed by atoms with E-state index in [1.54, 1.807) is 13.3 Å². The van der Waals surface area contributed by atoms with Crippen LogP contribution in [0.15, 0.2) is 18.3 Å². The molecular weight excluding hydrogens is 262 g/mol. The molecule has 1 aliphatic carbocycles. The van der Waals surface area contributed by atoms with E-state index in [1.165, 1.54) is 51.5 Å². The molecule has 1 aromatic heterocycles. The van der Waals surface area contributed by atoms with Crippen LogP contribution in [-0.2, 0) is 0 Å². The number of nitrogens with one attached hydrogen (secondary N) is 2. The van der Waals surface area contributed by atoms with Crippen LogP contribution < -0.4 is 15.4 Å². The minimum atomic E-state index is 0.535. The van der Waals surface area contributed by atoms with Crippen molar-refractivity contribution in [3.8, 4) is 5.88 Å². The predicted octanol–water partition coefficient (Wildman–Crippen LogP) is 3.20. The van der Waals surface area contributed by atoms with E-state index in [1.807, 2.05) is 6.07 Å². The Hall–Kier alpha value is -1.29. The Bertz CT molecular complexity index is 445. The topological polar surface area (TPSA) is 46.2 Å². The Labute approximate surface area is 127 Å². The second-order valence-electron chi connectivity index (χ2n) is 6.32. The Balaban J connectivity index is 1.71. The number of methoxy groups -OCH3 is 1. The Kier molecular flexibility index (Phi) is 4.96. The van der Waals surface area contributed by atoms with Crippen molar-refractivity contribution in [2.75, 3.05) is 19.0 Å². The zero-order chi connectivity index (χ0) is 14.5. The fourth-order valence-corrected chi connectivity index (χ4v) is 3.93. The number of piperidine rings is 1. The van der Waals surface area contributed by atoms with Gasteiger partial charge in [-0.25, -0.2) is 4.98 Å². The highest BCUT2D eigenvalue weighted by Gasteiger charge is 2.32. The van der Waals surface area contributed by atoms with Crippen molar-refractivity contribution < 1.29 is 4.74 Å². The Morgan fingerprint density at radius 1 is 1.19 bits per heavy atom. The van der Waals surface area contributed by atoms with Crippen LogP contribution in [0, 0.1) is 5.92 Å². The zero-order valence-electron chi connectivity index (χ0n) is 13.0. The van der Waals surface area contributed by atoms with Crippen LogP contribution in [-0.4, -0.2) is 30.7 Å². The summed E-state index contributed by atoms with van der Waals surface area (Å²) in [7, 11) is 1.69. The fraction of sp³-hybridized carbons (Fsp3) is 0.706. The van der Waals surface area contributed by atoms with Gasteiger partial charge in [0, 0.05) is 18.3 Å². The average molecular weight is 289 g/mol. The lowest BCUT2D eigenvalue weighted by Crippen LogP contribution is -2.48. The number of nitrogens with zero attached hydrogens (tertiary/aromatic N) is 1. The van der Waals surface area contributed by atoms with Crippen LogP contribution in [0.25, 0.3) is 0 Å². The molecule has 4 heteroatoms. The number of anilines is 1. The first-order valence-corrected chi connectivity index (χ1v) is 8.37. The third kappa shape index (κ3) is 3.49. The van der Waals surface area contributed by atoms with Crippen LogP contribution in [0.1, 0.15) is 44.9 Å². The summed E-state index contributed by atoms with van der Waals surface area (Å²) in [6, 6.07) is 5.26. The second-order valence-corrected chi connectivity index (χ2v) is 6.32. The lowest BCUT2D eigenvalue weighted by atomic mass is 9.77. The molecule has 0 spiro atoms. The molecular formula is C17H27N3O. The third-order valence-electron chi connectivity index (χ3n) is 4.99. The molecule has 2 N–H and O–H groups in total. The van der Waals surface area contributed by atoms with E-state index in [4.69, 9.17) is 4.74 Å². The average Bonchev–Trinajstić information content (AvgIpc) is 2.57. The maximum absolute atomic E-state index is 5.38. The quantitative estimate of drug-likeness (QED) is 0.893. The molecule has 2 heterocycles. The molecule has 1 saturated carbocycles. The van der Waals surface area contributed by atoms with Gasteiger partial charge in [-0.1, -0.05) is 19.3 Å². The highest BCUT2D eigenvalue weighted by atomic mass is 16.5. The van der Waals surface area contributed by atoms with E-state index < -0.39 is 0 Å². The van der Waals surface area contributed by atoms with Gasteiger partial charge in [0.05, 0.1) is 12.8 Å². The number of hydrogen-bond donors (Lipinski definition) is 2. The summed E-state index contributed by atoms with van der Waals surface area (Å²) < 4.78 is 5.38. The highest BCUT2D eigenvalue weighted by molar-refractivity contribution is 5.52. The van der Waals surface area contributed by atoms with Gasteiger partial charge in [0.2, 0.25) is 5.88 Å². The van der Waals surface area contributed by atoms with Gasteiger partial charge in [-0.2, -0.15) is 0 Å². The van der Waals surface area contributed by atoms with Crippen molar-refractivity contribution in [1.29, 1.82) is 0 Å². The molecule has 4 nitrogen and oxygen atoms in total. The first-order chi connectivity index (χ1) is 10.4. The van der Waals surface area contributed by atoms with Crippen molar-refractivity contribution in [3.05, 3.63) is 18.3 Å². The Morgan fingerprint density at radius 2 is 2.05 bits per heavy atom. The van der Waals surface area contributed by atoms with E-state index >= 15 is 0 Å². The number of ether oxygens (including phenoxy) is 1. The van der Waals surface area contributed by atoms with Gasteiger partial charge in [-0.15, -0.1) is 0 Å². The van der Waals surface area contributed by atoms with Crippen LogP contribution in [0.4, 0.5) is 5.69 Å². The first kappa shape index (κ1) is 14.6. The van der Waals surface area contributed by atoms with Crippen molar-refractivity contribution in [1.82, 2.24) is 10.3 Å². The summed E-state index contributed by atoms with van der Waals surface area (Å²) in [4.78, 5) is 4.30. The third-order valence-corrected chi connectivity index (χ3v) is 4.99. The first-order valence-electron chi connectivity index (χ1n) is 8.37. The van der Waals surface area contributed by atoms with Gasteiger partial charge in [0.15, 0.2) is 0 Å². The molecule has 3 unspecified atom stereocenters. The zero-order valence-corrected chi connectivity index (χ0v) is 13.0. The van der Waals surface area contributed by atoms with Crippen molar-refractivity contribution in [3.63, 3.8) is 0 Å². The van der Waals surface area contributed by atoms with E-state index in [0.29, 0.717) is 18.0 Å². The molecule has 0 radical (unpaired) electrons. The van der Waals surface area contributed by atoms with Gasteiger partial charge in [-0.3, -0.25) is 0 Å². The van der Waals surface area contributed by atoms with Crippen LogP contribution in [0.5, 0.6) is 5.88 Å². The maximum atomic E-state index is 5.38. The van der Waals surface area contributed by atoms with Gasteiger partial charge in [-0.05, 0) is 50.3 Å². The predicted molar refractivity (Wildman–Crippen MR) is 85.8 cm³/mol. The molecule has 21 heavy (non-hydrogen) atoms. The van der Waals surface area contributed by atoms with Crippen LogP contribution in [0.3, 0.4) is 0 Å². The standard InChI is InChI=1S/C17H27N3O/c1-21-17-16(10-6-12-19-17)20-15-9-3-2-7-13(15)14-8-4-5-11-18-14/h6,10,12-15,18,20H,2-5,7-9,11H2,1H3. The molecule has 2 aliphatic rings. The molecule has 0 bridgehead atoms. The lowest BCUT2D eigenvalue weighted by molar-refractivity contribution is 0.217. The molecule has 1 aliphatic heterocycles. The molecule has 0 aromatic carbocycles. The summed E-state index contributed by atoms with van der Waals surface area (Å²) in [5.41, 5.74) is 1.03.